The van der Waals surface area contributed by atoms with Gasteiger partial charge in [-0.2, -0.15) is 0 Å². The van der Waals surface area contributed by atoms with Crippen LogP contribution in [0.25, 0.3) is 10.8 Å². The summed E-state index contributed by atoms with van der Waals surface area (Å²) in [4.78, 5) is 2.63. The second-order valence-corrected chi connectivity index (χ2v) is 6.64. The molecule has 2 aromatic carbocycles. The molecule has 0 fully saturated rings. The maximum Gasteiger partial charge on any atom is 0.0914 e. The van der Waals surface area contributed by atoms with Gasteiger partial charge in [0.2, 0.25) is 0 Å². The highest BCUT2D eigenvalue weighted by Gasteiger charge is 2.08. The molecule has 0 bridgehead atoms. The highest BCUT2D eigenvalue weighted by Crippen LogP contribution is 2.20. The number of aliphatic hydroxyl groups is 1. The minimum atomic E-state index is -0.476. The van der Waals surface area contributed by atoms with E-state index < -0.39 is 6.10 Å². The standard InChI is InChI=1S/C18H19NOS/c1-13-6-9-17(21-13)11-19-12-18(20)16-8-7-14-4-2-3-5-15(14)10-16/h2-10,18-20H,11-12H2,1H3. The molecule has 1 aromatic heterocycles. The second kappa shape index (κ2) is 6.39. The Labute approximate surface area is 129 Å². The minimum Gasteiger partial charge on any atom is -0.387 e. The molecule has 0 spiro atoms. The molecule has 2 N–H and O–H groups in total. The van der Waals surface area contributed by atoms with Crippen molar-refractivity contribution in [2.75, 3.05) is 6.54 Å². The van der Waals surface area contributed by atoms with Crippen molar-refractivity contribution in [3.8, 4) is 0 Å². The van der Waals surface area contributed by atoms with Gasteiger partial charge in [-0.3, -0.25) is 0 Å². The summed E-state index contributed by atoms with van der Waals surface area (Å²) in [6.07, 6.45) is -0.476. The molecule has 0 saturated carbocycles. The average Bonchev–Trinajstić information content (AvgIpc) is 2.92. The van der Waals surface area contributed by atoms with Crippen LogP contribution in [0.15, 0.2) is 54.6 Å². The second-order valence-electron chi connectivity index (χ2n) is 5.27. The van der Waals surface area contributed by atoms with Gasteiger partial charge in [-0.15, -0.1) is 11.3 Å². The molecule has 2 nitrogen and oxygen atoms in total. The molecule has 1 heterocycles. The third kappa shape index (κ3) is 3.50. The van der Waals surface area contributed by atoms with Gasteiger partial charge < -0.3 is 10.4 Å². The number of fused-ring (bicyclic) bond motifs is 1. The molecule has 0 aliphatic heterocycles. The van der Waals surface area contributed by atoms with Crippen LogP contribution in [0.4, 0.5) is 0 Å². The fourth-order valence-electron chi connectivity index (χ4n) is 2.45. The third-order valence-corrected chi connectivity index (χ3v) is 4.59. The molecule has 3 heteroatoms. The molecule has 1 atom stereocenters. The highest BCUT2D eigenvalue weighted by atomic mass is 32.1. The molecule has 0 aliphatic carbocycles. The molecule has 0 amide bonds. The lowest BCUT2D eigenvalue weighted by molar-refractivity contribution is 0.174. The lowest BCUT2D eigenvalue weighted by Gasteiger charge is -2.12. The van der Waals surface area contributed by atoms with Crippen LogP contribution in [0.5, 0.6) is 0 Å². The van der Waals surface area contributed by atoms with Crippen molar-refractivity contribution in [1.29, 1.82) is 0 Å². The number of thiophene rings is 1. The highest BCUT2D eigenvalue weighted by molar-refractivity contribution is 7.11. The Morgan fingerprint density at radius 3 is 2.62 bits per heavy atom. The first kappa shape index (κ1) is 14.3. The van der Waals surface area contributed by atoms with E-state index in [2.05, 4.69) is 48.6 Å². The Balaban J connectivity index is 1.62. The maximum absolute atomic E-state index is 10.3. The van der Waals surface area contributed by atoms with Crippen LogP contribution in [-0.4, -0.2) is 11.7 Å². The van der Waals surface area contributed by atoms with Gasteiger partial charge in [0, 0.05) is 22.8 Å². The molecule has 108 valence electrons. The van der Waals surface area contributed by atoms with E-state index in [1.54, 1.807) is 11.3 Å². The number of aryl methyl sites for hydroxylation is 1. The van der Waals surface area contributed by atoms with Crippen LogP contribution in [-0.2, 0) is 6.54 Å². The van der Waals surface area contributed by atoms with Gasteiger partial charge in [-0.25, -0.2) is 0 Å². The fraction of sp³-hybridized carbons (Fsp3) is 0.222. The van der Waals surface area contributed by atoms with Crippen LogP contribution in [0.2, 0.25) is 0 Å². The van der Waals surface area contributed by atoms with E-state index in [9.17, 15) is 5.11 Å². The largest absolute Gasteiger partial charge is 0.387 e. The Hall–Kier alpha value is -1.68. The third-order valence-electron chi connectivity index (χ3n) is 3.59. The van der Waals surface area contributed by atoms with Crippen LogP contribution in [0, 0.1) is 6.92 Å². The number of benzene rings is 2. The minimum absolute atomic E-state index is 0.476. The van der Waals surface area contributed by atoms with E-state index in [0.29, 0.717) is 6.54 Å². The van der Waals surface area contributed by atoms with Crippen molar-refractivity contribution in [2.45, 2.75) is 19.6 Å². The first-order chi connectivity index (χ1) is 10.2. The predicted octanol–water partition coefficient (Wildman–Crippen LogP) is 4.03. The van der Waals surface area contributed by atoms with Gasteiger partial charge >= 0.3 is 0 Å². The van der Waals surface area contributed by atoms with Crippen LogP contribution in [0.1, 0.15) is 21.4 Å². The van der Waals surface area contributed by atoms with E-state index in [1.165, 1.54) is 20.5 Å². The summed E-state index contributed by atoms with van der Waals surface area (Å²) in [6.45, 7) is 3.48. The normalized spacial score (nSPS) is 12.7. The van der Waals surface area contributed by atoms with Gasteiger partial charge in [0.05, 0.1) is 6.10 Å². The van der Waals surface area contributed by atoms with Crippen LogP contribution in [0.3, 0.4) is 0 Å². The van der Waals surface area contributed by atoms with E-state index in [4.69, 9.17) is 0 Å². The molecule has 3 aromatic rings. The maximum atomic E-state index is 10.3. The van der Waals surface area contributed by atoms with Gasteiger partial charge in [-0.05, 0) is 41.5 Å². The summed E-state index contributed by atoms with van der Waals surface area (Å²) < 4.78 is 0. The number of nitrogens with one attached hydrogen (secondary N) is 1. The van der Waals surface area contributed by atoms with E-state index in [0.717, 1.165) is 12.1 Å². The zero-order chi connectivity index (χ0) is 14.7. The fourth-order valence-corrected chi connectivity index (χ4v) is 3.31. The lowest BCUT2D eigenvalue weighted by atomic mass is 10.0. The number of aliphatic hydroxyl groups excluding tert-OH is 1. The van der Waals surface area contributed by atoms with Crippen molar-refractivity contribution < 1.29 is 5.11 Å². The molecule has 0 aliphatic rings. The molecule has 0 radical (unpaired) electrons. The smallest absolute Gasteiger partial charge is 0.0914 e. The average molecular weight is 297 g/mol. The Bertz CT molecular complexity index is 735. The monoisotopic (exact) mass is 297 g/mol. The first-order valence-corrected chi connectivity index (χ1v) is 7.97. The molecule has 3 rings (SSSR count). The van der Waals surface area contributed by atoms with Gasteiger partial charge in [0.25, 0.3) is 0 Å². The van der Waals surface area contributed by atoms with Crippen molar-refractivity contribution in [3.63, 3.8) is 0 Å². The van der Waals surface area contributed by atoms with Gasteiger partial charge in [0.1, 0.15) is 0 Å². The Kier molecular flexibility index (Phi) is 4.34. The predicted molar refractivity (Wildman–Crippen MR) is 89.7 cm³/mol. The number of hydrogen-bond donors (Lipinski definition) is 2. The number of hydrogen-bond acceptors (Lipinski definition) is 3. The van der Waals surface area contributed by atoms with Gasteiger partial charge in [-0.1, -0.05) is 36.4 Å². The zero-order valence-electron chi connectivity index (χ0n) is 12.0. The van der Waals surface area contributed by atoms with Crippen LogP contribution < -0.4 is 5.32 Å². The lowest BCUT2D eigenvalue weighted by Crippen LogP contribution is -2.20. The quantitative estimate of drug-likeness (QED) is 0.745. The topological polar surface area (TPSA) is 32.3 Å². The van der Waals surface area contributed by atoms with E-state index in [-0.39, 0.29) is 0 Å². The summed E-state index contributed by atoms with van der Waals surface area (Å²) >= 11 is 1.79. The van der Waals surface area contributed by atoms with Crippen molar-refractivity contribution in [1.82, 2.24) is 5.32 Å². The van der Waals surface area contributed by atoms with E-state index in [1.807, 2.05) is 18.2 Å². The van der Waals surface area contributed by atoms with Gasteiger partial charge in [0.15, 0.2) is 0 Å². The summed E-state index contributed by atoms with van der Waals surface area (Å²) in [5.41, 5.74) is 0.962. The van der Waals surface area contributed by atoms with Crippen molar-refractivity contribution in [2.24, 2.45) is 0 Å². The molecule has 1 unspecified atom stereocenters. The molecule has 0 saturated heterocycles. The van der Waals surface area contributed by atoms with E-state index >= 15 is 0 Å². The van der Waals surface area contributed by atoms with Crippen LogP contribution >= 0.6 is 11.3 Å². The Morgan fingerprint density at radius 2 is 1.86 bits per heavy atom. The van der Waals surface area contributed by atoms with Crippen molar-refractivity contribution >= 4 is 22.1 Å². The zero-order valence-corrected chi connectivity index (χ0v) is 12.9. The summed E-state index contributed by atoms with van der Waals surface area (Å²) in [5.74, 6) is 0. The molecule has 21 heavy (non-hydrogen) atoms. The summed E-state index contributed by atoms with van der Waals surface area (Å²) in [7, 11) is 0. The first-order valence-electron chi connectivity index (χ1n) is 7.15. The molecular weight excluding hydrogens is 278 g/mol. The summed E-state index contributed by atoms with van der Waals surface area (Å²) in [5, 5.41) is 16.0. The van der Waals surface area contributed by atoms with Crippen molar-refractivity contribution in [3.05, 3.63) is 69.9 Å². The molecular formula is C18H19NOS. The summed E-state index contributed by atoms with van der Waals surface area (Å²) in [6, 6.07) is 18.6. The SMILES string of the molecule is Cc1ccc(CNCC(O)c2ccc3ccccc3c2)s1. The Morgan fingerprint density at radius 1 is 1.05 bits per heavy atom. The number of rotatable bonds is 5.